The number of hydrogen-bond acceptors (Lipinski definition) is 3. The smallest absolute Gasteiger partial charge is 0.320 e. The predicted molar refractivity (Wildman–Crippen MR) is 67.4 cm³/mol. The van der Waals surface area contributed by atoms with E-state index < -0.39 is 5.97 Å². The summed E-state index contributed by atoms with van der Waals surface area (Å²) in [6, 6.07) is 0.0867. The molecule has 1 fully saturated rings. The first-order chi connectivity index (χ1) is 9.08. The summed E-state index contributed by atoms with van der Waals surface area (Å²) < 4.78 is 0. The Morgan fingerprint density at radius 3 is 2.79 bits per heavy atom. The number of carbonyl (C=O) groups excluding carboxylic acids is 1. The molecule has 0 bridgehead atoms. The van der Waals surface area contributed by atoms with E-state index in [9.17, 15) is 9.59 Å². The summed E-state index contributed by atoms with van der Waals surface area (Å²) in [6.45, 7) is 0.736. The van der Waals surface area contributed by atoms with E-state index in [1.165, 1.54) is 0 Å². The number of urea groups is 1. The van der Waals surface area contributed by atoms with Gasteiger partial charge in [0.05, 0.1) is 19.2 Å². The number of aromatic amines is 1. The molecule has 0 atom stereocenters. The lowest BCUT2D eigenvalue weighted by atomic mass is 10.3. The minimum atomic E-state index is -0.879. The zero-order valence-electron chi connectivity index (χ0n) is 10.9. The third kappa shape index (κ3) is 3.70. The number of rotatable bonds is 6. The molecule has 1 aliphatic carbocycles. The first-order valence-electron chi connectivity index (χ1n) is 6.29. The molecule has 7 heteroatoms. The molecule has 0 saturated heterocycles. The maximum atomic E-state index is 12.3. The molecule has 0 aromatic carbocycles. The van der Waals surface area contributed by atoms with Crippen LogP contribution in [0.4, 0.5) is 4.79 Å². The number of carboxylic acids is 1. The number of carbonyl (C=O) groups is 2. The SMILES string of the molecule is CN(Cc1cn[nH]c1)C(=O)N(CCC(=O)O)C1CC1. The van der Waals surface area contributed by atoms with Crippen LogP contribution in [-0.4, -0.2) is 56.7 Å². The van der Waals surface area contributed by atoms with Gasteiger partial charge in [-0.05, 0) is 12.8 Å². The van der Waals surface area contributed by atoms with Gasteiger partial charge in [0.2, 0.25) is 0 Å². The molecule has 0 radical (unpaired) electrons. The second kappa shape index (κ2) is 5.73. The minimum absolute atomic E-state index is 0.0121. The third-order valence-corrected chi connectivity index (χ3v) is 3.10. The average Bonchev–Trinajstić information content (AvgIpc) is 3.06. The van der Waals surface area contributed by atoms with Gasteiger partial charge in [-0.3, -0.25) is 9.89 Å². The monoisotopic (exact) mass is 266 g/mol. The van der Waals surface area contributed by atoms with Gasteiger partial charge in [-0.2, -0.15) is 5.10 Å². The van der Waals surface area contributed by atoms with Crippen LogP contribution in [0.15, 0.2) is 12.4 Å². The van der Waals surface area contributed by atoms with Crippen molar-refractivity contribution in [2.75, 3.05) is 13.6 Å². The first-order valence-corrected chi connectivity index (χ1v) is 6.29. The molecule has 2 N–H and O–H groups in total. The van der Waals surface area contributed by atoms with Crippen LogP contribution < -0.4 is 0 Å². The molecule has 1 saturated carbocycles. The van der Waals surface area contributed by atoms with Crippen LogP contribution in [0.25, 0.3) is 0 Å². The number of carboxylic acid groups (broad SMARTS) is 1. The Morgan fingerprint density at radius 1 is 1.53 bits per heavy atom. The second-order valence-corrected chi connectivity index (χ2v) is 4.81. The lowest BCUT2D eigenvalue weighted by Crippen LogP contribution is -2.43. The van der Waals surface area contributed by atoms with Crippen LogP contribution in [0, 0.1) is 0 Å². The quantitative estimate of drug-likeness (QED) is 0.800. The zero-order valence-corrected chi connectivity index (χ0v) is 10.9. The van der Waals surface area contributed by atoms with E-state index in [4.69, 9.17) is 5.11 Å². The molecule has 0 aliphatic heterocycles. The van der Waals surface area contributed by atoms with Gasteiger partial charge in [0, 0.05) is 31.4 Å². The molecule has 7 nitrogen and oxygen atoms in total. The minimum Gasteiger partial charge on any atom is -0.481 e. The van der Waals surface area contributed by atoms with E-state index in [0.29, 0.717) is 6.54 Å². The Hall–Kier alpha value is -2.05. The molecule has 2 amide bonds. The molecule has 2 rings (SSSR count). The average molecular weight is 266 g/mol. The molecule has 104 valence electrons. The van der Waals surface area contributed by atoms with Crippen molar-refractivity contribution in [1.82, 2.24) is 20.0 Å². The van der Waals surface area contributed by atoms with E-state index in [0.717, 1.165) is 18.4 Å². The summed E-state index contributed by atoms with van der Waals surface area (Å²) in [7, 11) is 1.71. The fourth-order valence-electron chi connectivity index (χ4n) is 1.96. The molecule has 1 heterocycles. The number of H-pyrrole nitrogens is 1. The highest BCUT2D eigenvalue weighted by Crippen LogP contribution is 2.28. The third-order valence-electron chi connectivity index (χ3n) is 3.10. The molecule has 1 aliphatic rings. The van der Waals surface area contributed by atoms with Crippen molar-refractivity contribution in [2.45, 2.75) is 31.8 Å². The maximum Gasteiger partial charge on any atom is 0.320 e. The van der Waals surface area contributed by atoms with Crippen molar-refractivity contribution in [3.8, 4) is 0 Å². The summed E-state index contributed by atoms with van der Waals surface area (Å²) >= 11 is 0. The fourth-order valence-corrected chi connectivity index (χ4v) is 1.96. The highest BCUT2D eigenvalue weighted by atomic mass is 16.4. The van der Waals surface area contributed by atoms with Crippen molar-refractivity contribution in [3.05, 3.63) is 18.0 Å². The van der Waals surface area contributed by atoms with Crippen LogP contribution in [0.5, 0.6) is 0 Å². The Kier molecular flexibility index (Phi) is 4.03. The van der Waals surface area contributed by atoms with Gasteiger partial charge in [-0.1, -0.05) is 0 Å². The normalized spacial score (nSPS) is 14.2. The molecule has 19 heavy (non-hydrogen) atoms. The number of nitrogens with one attached hydrogen (secondary N) is 1. The first kappa shape index (κ1) is 13.4. The summed E-state index contributed by atoms with van der Waals surface area (Å²) in [5.41, 5.74) is 0.921. The Labute approximate surface area is 111 Å². The molecule has 1 aromatic rings. The number of aromatic nitrogens is 2. The Morgan fingerprint density at radius 2 is 2.26 bits per heavy atom. The van der Waals surface area contributed by atoms with Gasteiger partial charge in [0.25, 0.3) is 0 Å². The van der Waals surface area contributed by atoms with Crippen LogP contribution in [-0.2, 0) is 11.3 Å². The molecule has 1 aromatic heterocycles. The zero-order chi connectivity index (χ0) is 13.8. The van der Waals surface area contributed by atoms with Gasteiger partial charge in [-0.25, -0.2) is 4.79 Å². The standard InChI is InChI=1S/C12H18N4O3/c1-15(8-9-6-13-14-7-9)12(19)16(10-2-3-10)5-4-11(17)18/h6-7,10H,2-5,8H2,1H3,(H,13,14)(H,17,18). The summed E-state index contributed by atoms with van der Waals surface area (Å²) in [5.74, 6) is -0.879. The van der Waals surface area contributed by atoms with Crippen LogP contribution >= 0.6 is 0 Å². The lowest BCUT2D eigenvalue weighted by Gasteiger charge is -2.27. The fraction of sp³-hybridized carbons (Fsp3) is 0.583. The molecular formula is C12H18N4O3. The van der Waals surface area contributed by atoms with Gasteiger partial charge in [0.15, 0.2) is 0 Å². The number of aliphatic carboxylic acids is 1. The maximum absolute atomic E-state index is 12.3. The van der Waals surface area contributed by atoms with E-state index in [1.807, 2.05) is 0 Å². The highest BCUT2D eigenvalue weighted by Gasteiger charge is 2.34. The second-order valence-electron chi connectivity index (χ2n) is 4.81. The van der Waals surface area contributed by atoms with E-state index >= 15 is 0 Å². The van der Waals surface area contributed by atoms with Crippen molar-refractivity contribution in [2.24, 2.45) is 0 Å². The Balaban J connectivity index is 1.92. The van der Waals surface area contributed by atoms with Crippen LogP contribution in [0.3, 0.4) is 0 Å². The Bertz CT molecular complexity index is 442. The molecular weight excluding hydrogens is 248 g/mol. The van der Waals surface area contributed by atoms with Crippen molar-refractivity contribution in [1.29, 1.82) is 0 Å². The van der Waals surface area contributed by atoms with Gasteiger partial charge in [0.1, 0.15) is 0 Å². The number of hydrogen-bond donors (Lipinski definition) is 2. The summed E-state index contributed by atoms with van der Waals surface area (Å²) in [6.07, 6.45) is 5.32. The molecule has 0 spiro atoms. The number of amides is 2. The van der Waals surface area contributed by atoms with E-state index in [1.54, 1.807) is 29.2 Å². The summed E-state index contributed by atoms with van der Waals surface area (Å²) in [5, 5.41) is 15.3. The van der Waals surface area contributed by atoms with Crippen molar-refractivity contribution < 1.29 is 14.7 Å². The van der Waals surface area contributed by atoms with E-state index in [-0.39, 0.29) is 25.0 Å². The number of nitrogens with zero attached hydrogens (tertiary/aromatic N) is 3. The van der Waals surface area contributed by atoms with Gasteiger partial charge >= 0.3 is 12.0 Å². The van der Waals surface area contributed by atoms with Gasteiger partial charge in [-0.15, -0.1) is 0 Å². The van der Waals surface area contributed by atoms with Gasteiger partial charge < -0.3 is 14.9 Å². The highest BCUT2D eigenvalue weighted by molar-refractivity contribution is 5.76. The molecule has 0 unspecified atom stereocenters. The van der Waals surface area contributed by atoms with Crippen LogP contribution in [0.1, 0.15) is 24.8 Å². The summed E-state index contributed by atoms with van der Waals surface area (Å²) in [4.78, 5) is 26.2. The van der Waals surface area contributed by atoms with Crippen molar-refractivity contribution >= 4 is 12.0 Å². The lowest BCUT2D eigenvalue weighted by molar-refractivity contribution is -0.137. The van der Waals surface area contributed by atoms with E-state index in [2.05, 4.69) is 10.2 Å². The topological polar surface area (TPSA) is 89.5 Å². The van der Waals surface area contributed by atoms with Crippen LogP contribution in [0.2, 0.25) is 0 Å². The largest absolute Gasteiger partial charge is 0.481 e. The van der Waals surface area contributed by atoms with Crippen molar-refractivity contribution in [3.63, 3.8) is 0 Å². The predicted octanol–water partition coefficient (Wildman–Crippen LogP) is 0.901.